The summed E-state index contributed by atoms with van der Waals surface area (Å²) >= 11 is 0. The molecule has 108 valence electrons. The van der Waals surface area contributed by atoms with E-state index in [1.807, 2.05) is 13.1 Å². The van der Waals surface area contributed by atoms with Crippen molar-refractivity contribution in [1.29, 1.82) is 0 Å². The number of nitrogens with zero attached hydrogens (tertiary/aromatic N) is 2. The van der Waals surface area contributed by atoms with Crippen LogP contribution in [0.1, 0.15) is 18.1 Å². The van der Waals surface area contributed by atoms with E-state index in [-0.39, 0.29) is 0 Å². The number of pyridine rings is 2. The molecule has 2 N–H and O–H groups in total. The highest BCUT2D eigenvalue weighted by Gasteiger charge is 2.08. The average Bonchev–Trinajstić information content (AvgIpc) is 2.47. The molecule has 0 radical (unpaired) electrons. The molecule has 3 aromatic rings. The summed E-state index contributed by atoms with van der Waals surface area (Å²) in [5.41, 5.74) is 10.1. The van der Waals surface area contributed by atoms with Crippen LogP contribution in [0.3, 0.4) is 0 Å². The SMILES string of the molecule is CCOCCc1cnc2c(N)nc3cc(C)ccc3c2c1. The van der Waals surface area contributed by atoms with E-state index in [0.717, 1.165) is 40.4 Å². The predicted octanol–water partition coefficient (Wildman–Crippen LogP) is 3.25. The number of aromatic nitrogens is 2. The normalized spacial score (nSPS) is 11.3. The number of aryl methyl sites for hydroxylation is 1. The Morgan fingerprint density at radius 2 is 2.05 bits per heavy atom. The van der Waals surface area contributed by atoms with E-state index in [2.05, 4.69) is 41.2 Å². The molecule has 0 spiro atoms. The molecule has 0 saturated carbocycles. The van der Waals surface area contributed by atoms with Crippen molar-refractivity contribution in [3.05, 3.63) is 41.6 Å². The number of hydrogen-bond acceptors (Lipinski definition) is 4. The largest absolute Gasteiger partial charge is 0.382 e. The van der Waals surface area contributed by atoms with Crippen molar-refractivity contribution in [3.63, 3.8) is 0 Å². The third-order valence-electron chi connectivity index (χ3n) is 3.61. The molecule has 4 heteroatoms. The Bertz CT molecular complexity index is 799. The maximum atomic E-state index is 6.05. The third-order valence-corrected chi connectivity index (χ3v) is 3.61. The molecule has 0 atom stereocenters. The quantitative estimate of drug-likeness (QED) is 0.589. The van der Waals surface area contributed by atoms with Crippen molar-refractivity contribution < 1.29 is 4.74 Å². The summed E-state index contributed by atoms with van der Waals surface area (Å²) in [5.74, 6) is 0.486. The highest BCUT2D eigenvalue weighted by molar-refractivity contribution is 6.08. The fourth-order valence-electron chi connectivity index (χ4n) is 2.53. The highest BCUT2D eigenvalue weighted by Crippen LogP contribution is 2.27. The van der Waals surface area contributed by atoms with Crippen LogP contribution in [-0.2, 0) is 11.2 Å². The van der Waals surface area contributed by atoms with Gasteiger partial charge < -0.3 is 10.5 Å². The van der Waals surface area contributed by atoms with Crippen molar-refractivity contribution in [3.8, 4) is 0 Å². The highest BCUT2D eigenvalue weighted by atomic mass is 16.5. The predicted molar refractivity (Wildman–Crippen MR) is 86.4 cm³/mol. The molecule has 1 aromatic carbocycles. The van der Waals surface area contributed by atoms with Crippen LogP contribution < -0.4 is 5.73 Å². The number of nitrogens with two attached hydrogens (primary N) is 1. The van der Waals surface area contributed by atoms with Crippen molar-refractivity contribution in [2.24, 2.45) is 0 Å². The lowest BCUT2D eigenvalue weighted by Crippen LogP contribution is -2.00. The number of rotatable bonds is 4. The van der Waals surface area contributed by atoms with E-state index in [4.69, 9.17) is 10.5 Å². The first-order valence-corrected chi connectivity index (χ1v) is 7.21. The van der Waals surface area contributed by atoms with E-state index in [9.17, 15) is 0 Å². The number of hydrogen-bond donors (Lipinski definition) is 1. The summed E-state index contributed by atoms with van der Waals surface area (Å²) < 4.78 is 5.41. The van der Waals surface area contributed by atoms with Crippen molar-refractivity contribution >= 4 is 27.6 Å². The maximum absolute atomic E-state index is 6.05. The van der Waals surface area contributed by atoms with Crippen LogP contribution in [0.4, 0.5) is 5.82 Å². The second-order valence-corrected chi connectivity index (χ2v) is 5.20. The maximum Gasteiger partial charge on any atom is 0.150 e. The Morgan fingerprint density at radius 1 is 1.19 bits per heavy atom. The monoisotopic (exact) mass is 281 g/mol. The zero-order valence-electron chi connectivity index (χ0n) is 12.4. The molecule has 0 fully saturated rings. The van der Waals surface area contributed by atoms with E-state index in [0.29, 0.717) is 12.4 Å². The van der Waals surface area contributed by atoms with E-state index in [1.54, 1.807) is 0 Å². The summed E-state index contributed by atoms with van der Waals surface area (Å²) in [6, 6.07) is 8.38. The van der Waals surface area contributed by atoms with Gasteiger partial charge >= 0.3 is 0 Å². The molecule has 0 aliphatic carbocycles. The zero-order chi connectivity index (χ0) is 14.8. The molecule has 0 aliphatic rings. The molecule has 4 nitrogen and oxygen atoms in total. The number of ether oxygens (including phenoxy) is 1. The minimum Gasteiger partial charge on any atom is -0.382 e. The van der Waals surface area contributed by atoms with E-state index < -0.39 is 0 Å². The summed E-state index contributed by atoms with van der Waals surface area (Å²) in [6.07, 6.45) is 2.71. The van der Waals surface area contributed by atoms with Crippen LogP contribution in [0.2, 0.25) is 0 Å². The minimum absolute atomic E-state index is 0.486. The summed E-state index contributed by atoms with van der Waals surface area (Å²) in [6.45, 7) is 5.50. The molecule has 0 bridgehead atoms. The summed E-state index contributed by atoms with van der Waals surface area (Å²) in [5, 5.41) is 2.15. The fourth-order valence-corrected chi connectivity index (χ4v) is 2.53. The smallest absolute Gasteiger partial charge is 0.150 e. The number of benzene rings is 1. The second kappa shape index (κ2) is 5.66. The van der Waals surface area contributed by atoms with Gasteiger partial charge in [-0.2, -0.15) is 0 Å². The van der Waals surface area contributed by atoms with Crippen molar-refractivity contribution in [1.82, 2.24) is 9.97 Å². The lowest BCUT2D eigenvalue weighted by atomic mass is 10.0. The van der Waals surface area contributed by atoms with Gasteiger partial charge in [-0.05, 0) is 43.5 Å². The Kier molecular flexibility index (Phi) is 3.71. The number of nitrogen functional groups attached to an aromatic ring is 1. The van der Waals surface area contributed by atoms with Crippen molar-refractivity contribution in [2.75, 3.05) is 18.9 Å². The van der Waals surface area contributed by atoms with Gasteiger partial charge in [-0.3, -0.25) is 4.98 Å². The Hall–Kier alpha value is -2.20. The standard InChI is InChI=1S/C17H19N3O/c1-3-21-7-6-12-9-14-13-5-4-11(2)8-15(13)20-17(18)16(14)19-10-12/h4-5,8-10H,3,6-7H2,1-2H3,(H2,18,20). The first-order valence-electron chi connectivity index (χ1n) is 7.21. The first-order chi connectivity index (χ1) is 10.2. The van der Waals surface area contributed by atoms with Crippen LogP contribution in [-0.4, -0.2) is 23.2 Å². The Morgan fingerprint density at radius 3 is 2.86 bits per heavy atom. The Labute approximate surface area is 124 Å². The van der Waals surface area contributed by atoms with Gasteiger partial charge in [0.05, 0.1) is 12.1 Å². The van der Waals surface area contributed by atoms with Crippen LogP contribution in [0.25, 0.3) is 21.8 Å². The number of anilines is 1. The summed E-state index contributed by atoms with van der Waals surface area (Å²) in [7, 11) is 0. The van der Waals surface area contributed by atoms with Gasteiger partial charge in [0.2, 0.25) is 0 Å². The van der Waals surface area contributed by atoms with Crippen LogP contribution in [0.5, 0.6) is 0 Å². The minimum atomic E-state index is 0.486. The van der Waals surface area contributed by atoms with Gasteiger partial charge in [-0.15, -0.1) is 0 Å². The molecular weight excluding hydrogens is 262 g/mol. The Balaban J connectivity index is 2.15. The van der Waals surface area contributed by atoms with Crippen molar-refractivity contribution in [2.45, 2.75) is 20.3 Å². The van der Waals surface area contributed by atoms with E-state index in [1.165, 1.54) is 5.56 Å². The van der Waals surface area contributed by atoms with Gasteiger partial charge in [-0.25, -0.2) is 4.98 Å². The fraction of sp³-hybridized carbons (Fsp3) is 0.294. The molecule has 21 heavy (non-hydrogen) atoms. The lowest BCUT2D eigenvalue weighted by Gasteiger charge is -2.08. The van der Waals surface area contributed by atoms with Crippen LogP contribution >= 0.6 is 0 Å². The molecule has 0 amide bonds. The van der Waals surface area contributed by atoms with Crippen LogP contribution in [0, 0.1) is 6.92 Å². The molecule has 2 heterocycles. The third kappa shape index (κ3) is 2.67. The molecule has 2 aromatic heterocycles. The second-order valence-electron chi connectivity index (χ2n) is 5.20. The van der Waals surface area contributed by atoms with Gasteiger partial charge in [0.15, 0.2) is 5.82 Å². The summed E-state index contributed by atoms with van der Waals surface area (Å²) in [4.78, 5) is 8.95. The molecule has 0 saturated heterocycles. The van der Waals surface area contributed by atoms with Gasteiger partial charge in [0.25, 0.3) is 0 Å². The average molecular weight is 281 g/mol. The molecule has 3 rings (SSSR count). The first kappa shape index (κ1) is 13.8. The molecule has 0 aliphatic heterocycles. The zero-order valence-corrected chi connectivity index (χ0v) is 12.4. The lowest BCUT2D eigenvalue weighted by molar-refractivity contribution is 0.151. The number of fused-ring (bicyclic) bond motifs is 3. The van der Waals surface area contributed by atoms with Gasteiger partial charge in [0, 0.05) is 23.6 Å². The van der Waals surface area contributed by atoms with Crippen LogP contribution in [0.15, 0.2) is 30.5 Å². The molecule has 0 unspecified atom stereocenters. The topological polar surface area (TPSA) is 61.0 Å². The van der Waals surface area contributed by atoms with E-state index >= 15 is 0 Å². The molecular formula is C17H19N3O. The van der Waals surface area contributed by atoms with Gasteiger partial charge in [-0.1, -0.05) is 12.1 Å². The van der Waals surface area contributed by atoms with Gasteiger partial charge in [0.1, 0.15) is 5.52 Å².